The Hall–Kier alpha value is -1.08. The maximum absolute atomic E-state index is 14.0. The van der Waals surface area contributed by atoms with E-state index in [9.17, 15) is 4.39 Å². The van der Waals surface area contributed by atoms with Crippen LogP contribution in [0.15, 0.2) is 18.2 Å². The smallest absolute Gasteiger partial charge is 0.128 e. The van der Waals surface area contributed by atoms with Gasteiger partial charge in [0.2, 0.25) is 0 Å². The molecule has 1 aromatic carbocycles. The highest BCUT2D eigenvalue weighted by Gasteiger charge is 2.10. The molecule has 4 nitrogen and oxygen atoms in total. The van der Waals surface area contributed by atoms with E-state index in [0.29, 0.717) is 30.9 Å². The summed E-state index contributed by atoms with van der Waals surface area (Å²) in [5.74, 6) is -0.296. The van der Waals surface area contributed by atoms with Crippen molar-refractivity contribution in [2.24, 2.45) is 5.73 Å². The van der Waals surface area contributed by atoms with Gasteiger partial charge in [-0.1, -0.05) is 24.4 Å². The number of halogens is 1. The van der Waals surface area contributed by atoms with E-state index < -0.39 is 0 Å². The number of hydrogen-bond donors (Lipinski definition) is 1. The van der Waals surface area contributed by atoms with Gasteiger partial charge in [0.1, 0.15) is 10.8 Å². The molecule has 2 N–H and O–H groups in total. The maximum Gasteiger partial charge on any atom is 0.128 e. The first-order chi connectivity index (χ1) is 9.58. The molecule has 0 unspecified atom stereocenters. The van der Waals surface area contributed by atoms with E-state index >= 15 is 0 Å². The molecule has 0 saturated carbocycles. The van der Waals surface area contributed by atoms with Crippen molar-refractivity contribution in [1.29, 1.82) is 0 Å². The van der Waals surface area contributed by atoms with Crippen molar-refractivity contribution in [3.8, 4) is 0 Å². The van der Waals surface area contributed by atoms with Crippen molar-refractivity contribution in [3.05, 3.63) is 35.1 Å². The predicted molar refractivity (Wildman–Crippen MR) is 81.3 cm³/mol. The lowest BCUT2D eigenvalue weighted by Crippen LogP contribution is -2.30. The molecule has 0 aliphatic carbocycles. The molecule has 20 heavy (non-hydrogen) atoms. The Morgan fingerprint density at radius 2 is 1.85 bits per heavy atom. The zero-order chi connectivity index (χ0) is 15.0. The normalized spacial score (nSPS) is 11.0. The summed E-state index contributed by atoms with van der Waals surface area (Å²) in [6.45, 7) is 3.12. The molecule has 0 aliphatic rings. The number of nitrogens with zero attached hydrogens (tertiary/aromatic N) is 1. The molecule has 6 heteroatoms. The fourth-order valence-corrected chi connectivity index (χ4v) is 1.91. The van der Waals surface area contributed by atoms with Crippen LogP contribution in [0.25, 0.3) is 0 Å². The lowest BCUT2D eigenvalue weighted by molar-refractivity contribution is 0.109. The molecule has 0 atom stereocenters. The van der Waals surface area contributed by atoms with E-state index in [0.717, 1.165) is 13.1 Å². The van der Waals surface area contributed by atoms with Crippen LogP contribution in [0.3, 0.4) is 0 Å². The third kappa shape index (κ3) is 5.50. The minimum Gasteiger partial charge on any atom is -0.389 e. The van der Waals surface area contributed by atoms with Gasteiger partial charge in [0.25, 0.3) is 0 Å². The minimum atomic E-state index is -0.296. The average Bonchev–Trinajstić information content (AvgIpc) is 2.43. The zero-order valence-corrected chi connectivity index (χ0v) is 12.7. The SMILES string of the molecule is COCCN(CCOC)Cc1ccc(C(N)=S)cc1F. The average molecular weight is 300 g/mol. The number of nitrogens with two attached hydrogens (primary N) is 1. The lowest BCUT2D eigenvalue weighted by Gasteiger charge is -2.22. The van der Waals surface area contributed by atoms with Crippen LogP contribution in [0.5, 0.6) is 0 Å². The molecule has 0 aromatic heterocycles. The quantitative estimate of drug-likeness (QED) is 0.701. The Kier molecular flexibility index (Phi) is 7.61. The van der Waals surface area contributed by atoms with Crippen molar-refractivity contribution in [2.45, 2.75) is 6.54 Å². The summed E-state index contributed by atoms with van der Waals surface area (Å²) in [5, 5.41) is 0. The number of thiocarbonyl (C=S) groups is 1. The van der Waals surface area contributed by atoms with E-state index in [2.05, 4.69) is 4.90 Å². The monoisotopic (exact) mass is 300 g/mol. The van der Waals surface area contributed by atoms with Gasteiger partial charge < -0.3 is 15.2 Å². The summed E-state index contributed by atoms with van der Waals surface area (Å²) < 4.78 is 24.1. The van der Waals surface area contributed by atoms with Gasteiger partial charge in [0.15, 0.2) is 0 Å². The largest absolute Gasteiger partial charge is 0.389 e. The van der Waals surface area contributed by atoms with Crippen LogP contribution >= 0.6 is 12.2 Å². The van der Waals surface area contributed by atoms with Crippen molar-refractivity contribution >= 4 is 17.2 Å². The summed E-state index contributed by atoms with van der Waals surface area (Å²) in [7, 11) is 3.29. The summed E-state index contributed by atoms with van der Waals surface area (Å²) in [4.78, 5) is 2.28. The first-order valence-electron chi connectivity index (χ1n) is 6.37. The Bertz CT molecular complexity index is 435. The first kappa shape index (κ1) is 17.0. The summed E-state index contributed by atoms with van der Waals surface area (Å²) >= 11 is 4.84. The molecular formula is C14H21FN2O2S. The molecule has 1 aromatic rings. The van der Waals surface area contributed by atoms with Crippen LogP contribution in [0, 0.1) is 5.82 Å². The molecule has 0 bridgehead atoms. The molecule has 0 amide bonds. The molecule has 0 aliphatic heterocycles. The molecule has 0 radical (unpaired) electrons. The van der Waals surface area contributed by atoms with Gasteiger partial charge in [0.05, 0.1) is 13.2 Å². The summed E-state index contributed by atoms with van der Waals surface area (Å²) in [6.07, 6.45) is 0. The van der Waals surface area contributed by atoms with Gasteiger partial charge in [-0.15, -0.1) is 0 Å². The highest BCUT2D eigenvalue weighted by Crippen LogP contribution is 2.13. The topological polar surface area (TPSA) is 47.7 Å². The van der Waals surface area contributed by atoms with E-state index in [1.165, 1.54) is 6.07 Å². The molecule has 0 spiro atoms. The van der Waals surface area contributed by atoms with Gasteiger partial charge in [-0.05, 0) is 6.07 Å². The first-order valence-corrected chi connectivity index (χ1v) is 6.77. The number of hydrogen-bond acceptors (Lipinski definition) is 4. The van der Waals surface area contributed by atoms with Crippen LogP contribution in [0.4, 0.5) is 4.39 Å². The summed E-state index contributed by atoms with van der Waals surface area (Å²) in [5.41, 5.74) is 6.64. The van der Waals surface area contributed by atoms with Crippen molar-refractivity contribution in [1.82, 2.24) is 4.90 Å². The fourth-order valence-electron chi connectivity index (χ4n) is 1.78. The van der Waals surface area contributed by atoms with E-state index in [-0.39, 0.29) is 10.8 Å². The van der Waals surface area contributed by atoms with Crippen LogP contribution < -0.4 is 5.73 Å². The Morgan fingerprint density at radius 3 is 2.30 bits per heavy atom. The van der Waals surface area contributed by atoms with Gasteiger partial charge >= 0.3 is 0 Å². The van der Waals surface area contributed by atoms with E-state index in [1.807, 2.05) is 0 Å². The van der Waals surface area contributed by atoms with Gasteiger partial charge in [-0.3, -0.25) is 4.90 Å². The van der Waals surface area contributed by atoms with Gasteiger partial charge in [-0.25, -0.2) is 4.39 Å². The second-order valence-corrected chi connectivity index (χ2v) is 4.87. The Labute approximate surface area is 124 Å². The third-order valence-electron chi connectivity index (χ3n) is 2.95. The summed E-state index contributed by atoms with van der Waals surface area (Å²) in [6, 6.07) is 4.84. The number of methoxy groups -OCH3 is 2. The molecule has 1 rings (SSSR count). The van der Waals surface area contributed by atoms with E-state index in [4.69, 9.17) is 27.4 Å². The van der Waals surface area contributed by atoms with Gasteiger partial charge in [-0.2, -0.15) is 0 Å². The van der Waals surface area contributed by atoms with Crippen molar-refractivity contribution in [3.63, 3.8) is 0 Å². The highest BCUT2D eigenvalue weighted by molar-refractivity contribution is 7.80. The van der Waals surface area contributed by atoms with Crippen LogP contribution in [0.1, 0.15) is 11.1 Å². The number of benzene rings is 1. The Morgan fingerprint density at radius 1 is 1.25 bits per heavy atom. The molecule has 112 valence electrons. The molecule has 0 saturated heterocycles. The van der Waals surface area contributed by atoms with Crippen LogP contribution in [-0.4, -0.2) is 50.4 Å². The van der Waals surface area contributed by atoms with E-state index in [1.54, 1.807) is 26.4 Å². The fraction of sp³-hybridized carbons (Fsp3) is 0.500. The zero-order valence-electron chi connectivity index (χ0n) is 11.9. The van der Waals surface area contributed by atoms with Crippen LogP contribution in [0.2, 0.25) is 0 Å². The molecule has 0 heterocycles. The lowest BCUT2D eigenvalue weighted by atomic mass is 10.1. The molecule has 0 fully saturated rings. The van der Waals surface area contributed by atoms with Gasteiger partial charge in [0, 0.05) is 45.0 Å². The highest BCUT2D eigenvalue weighted by atomic mass is 32.1. The Balaban J connectivity index is 2.73. The van der Waals surface area contributed by atoms with Crippen LogP contribution in [-0.2, 0) is 16.0 Å². The second-order valence-electron chi connectivity index (χ2n) is 4.43. The third-order valence-corrected chi connectivity index (χ3v) is 3.19. The van der Waals surface area contributed by atoms with Crippen molar-refractivity contribution < 1.29 is 13.9 Å². The standard InChI is InChI=1S/C14H21FN2O2S/c1-18-7-5-17(6-8-19-2)10-12-4-3-11(14(16)20)9-13(12)15/h3-4,9H,5-8,10H2,1-2H3,(H2,16,20). The predicted octanol–water partition coefficient (Wildman–Crippen LogP) is 1.55. The number of ether oxygens (including phenoxy) is 2. The minimum absolute atomic E-state index is 0.200. The van der Waals surface area contributed by atoms with Crippen molar-refractivity contribution in [2.75, 3.05) is 40.5 Å². The second kappa shape index (κ2) is 8.97. The number of rotatable bonds is 9. The maximum atomic E-state index is 14.0. The molecular weight excluding hydrogens is 279 g/mol.